The van der Waals surface area contributed by atoms with E-state index in [1.54, 1.807) is 0 Å². The van der Waals surface area contributed by atoms with Crippen LogP contribution in [0.5, 0.6) is 0 Å². The van der Waals surface area contributed by atoms with Gasteiger partial charge < -0.3 is 4.42 Å². The van der Waals surface area contributed by atoms with Gasteiger partial charge in [0.05, 0.1) is 23.0 Å². The first-order chi connectivity index (χ1) is 25.2. The molecule has 2 heterocycles. The normalized spacial score (nSPS) is 11.1. The number of hydrogen-bond donors (Lipinski definition) is 0. The average molecular weight is 652 g/mol. The molecule has 238 valence electrons. The van der Waals surface area contributed by atoms with E-state index >= 15 is 0 Å². The van der Waals surface area contributed by atoms with Gasteiger partial charge in [0.2, 0.25) is 0 Å². The number of benzene rings is 7. The van der Waals surface area contributed by atoms with Gasteiger partial charge in [0.25, 0.3) is 0 Å². The number of furan rings is 1. The lowest BCUT2D eigenvalue weighted by Crippen LogP contribution is -1.97. The Hall–Kier alpha value is -7.09. The lowest BCUT2D eigenvalue weighted by atomic mass is 9.90. The molecule has 0 aliphatic rings. The molecule has 9 rings (SSSR count). The lowest BCUT2D eigenvalue weighted by molar-refractivity contribution is 0.669. The first kappa shape index (κ1) is 30.0. The molecule has 0 amide bonds. The van der Waals surface area contributed by atoms with Gasteiger partial charge >= 0.3 is 0 Å². The standard InChI is InChI=1S/C47H29N3O/c48-30-34-17-7-8-20-40(34)44-29-43(49-47(50-44)32-15-5-2-6-16-32)37-26-35(33-23-24-46-42(28-33)41-21-11-12-22-45(41)51-46)25-36(27-37)39-19-10-9-18-38(39)31-13-3-1-4-14-31/h1-29H. The number of fused-ring (bicyclic) bond motifs is 3. The van der Waals surface area contributed by atoms with Crippen LogP contribution in [0.3, 0.4) is 0 Å². The first-order valence-corrected chi connectivity index (χ1v) is 16.9. The van der Waals surface area contributed by atoms with Crippen LogP contribution in [-0.2, 0) is 0 Å². The molecule has 0 saturated carbocycles. The molecule has 4 nitrogen and oxygen atoms in total. The molecule has 2 aromatic heterocycles. The van der Waals surface area contributed by atoms with E-state index in [2.05, 4.69) is 97.1 Å². The molecule has 0 aliphatic carbocycles. The molecule has 0 N–H and O–H groups in total. The van der Waals surface area contributed by atoms with Gasteiger partial charge in [-0.2, -0.15) is 5.26 Å². The number of aromatic nitrogens is 2. The monoisotopic (exact) mass is 651 g/mol. The van der Waals surface area contributed by atoms with Gasteiger partial charge in [-0.15, -0.1) is 0 Å². The lowest BCUT2D eigenvalue weighted by Gasteiger charge is -2.15. The SMILES string of the molecule is N#Cc1ccccc1-c1cc(-c2cc(-c3ccc4oc5ccccc5c4c3)cc(-c3ccccc3-c3ccccc3)c2)nc(-c2ccccc2)n1. The number of hydrogen-bond acceptors (Lipinski definition) is 4. The highest BCUT2D eigenvalue weighted by Crippen LogP contribution is 2.40. The number of rotatable bonds is 6. The van der Waals surface area contributed by atoms with Crippen LogP contribution in [0.4, 0.5) is 0 Å². The van der Waals surface area contributed by atoms with Gasteiger partial charge in [-0.25, -0.2) is 9.97 Å². The second-order valence-electron chi connectivity index (χ2n) is 12.5. The highest BCUT2D eigenvalue weighted by Gasteiger charge is 2.17. The molecular weight excluding hydrogens is 623 g/mol. The number of nitrogens with zero attached hydrogens (tertiary/aromatic N) is 3. The van der Waals surface area contributed by atoms with Crippen LogP contribution in [0.2, 0.25) is 0 Å². The summed E-state index contributed by atoms with van der Waals surface area (Å²) in [6, 6.07) is 62.2. The Morgan fingerprint density at radius 1 is 0.392 bits per heavy atom. The van der Waals surface area contributed by atoms with Crippen LogP contribution < -0.4 is 0 Å². The summed E-state index contributed by atoms with van der Waals surface area (Å²) in [6.07, 6.45) is 0. The van der Waals surface area contributed by atoms with Gasteiger partial charge in [-0.3, -0.25) is 0 Å². The van der Waals surface area contributed by atoms with Crippen LogP contribution in [0.25, 0.3) is 89.2 Å². The van der Waals surface area contributed by atoms with Crippen LogP contribution in [0.15, 0.2) is 180 Å². The fourth-order valence-corrected chi connectivity index (χ4v) is 6.86. The molecular formula is C47H29N3O. The van der Waals surface area contributed by atoms with E-state index in [9.17, 15) is 5.26 Å². The Kier molecular flexibility index (Phi) is 7.50. The average Bonchev–Trinajstić information content (AvgIpc) is 3.59. The van der Waals surface area contributed by atoms with Crippen LogP contribution in [0, 0.1) is 11.3 Å². The minimum atomic E-state index is 0.563. The maximum absolute atomic E-state index is 10.0. The fourth-order valence-electron chi connectivity index (χ4n) is 6.86. The van der Waals surface area contributed by atoms with Crippen molar-refractivity contribution in [2.24, 2.45) is 0 Å². The van der Waals surface area contributed by atoms with E-state index < -0.39 is 0 Å². The molecule has 0 fully saturated rings. The molecule has 0 radical (unpaired) electrons. The van der Waals surface area contributed by atoms with Crippen molar-refractivity contribution in [3.8, 4) is 73.4 Å². The van der Waals surface area contributed by atoms with Crippen molar-refractivity contribution >= 4 is 21.9 Å². The Morgan fingerprint density at radius 3 is 1.76 bits per heavy atom. The van der Waals surface area contributed by atoms with E-state index in [4.69, 9.17) is 14.4 Å². The summed E-state index contributed by atoms with van der Waals surface area (Å²) in [7, 11) is 0. The molecule has 0 unspecified atom stereocenters. The molecule has 7 aromatic carbocycles. The summed E-state index contributed by atoms with van der Waals surface area (Å²) >= 11 is 0. The Morgan fingerprint density at radius 2 is 0.980 bits per heavy atom. The van der Waals surface area contributed by atoms with Gasteiger partial charge in [-0.1, -0.05) is 127 Å². The summed E-state index contributed by atoms with van der Waals surface area (Å²) < 4.78 is 6.18. The van der Waals surface area contributed by atoms with Crippen molar-refractivity contribution in [1.82, 2.24) is 9.97 Å². The zero-order chi connectivity index (χ0) is 34.1. The third kappa shape index (κ3) is 5.63. The third-order valence-corrected chi connectivity index (χ3v) is 9.34. The summed E-state index contributed by atoms with van der Waals surface area (Å²) in [5.74, 6) is 0.596. The summed E-state index contributed by atoms with van der Waals surface area (Å²) in [4.78, 5) is 10.2. The molecule has 0 atom stereocenters. The van der Waals surface area contributed by atoms with Gasteiger partial charge in [0, 0.05) is 27.5 Å². The molecule has 0 saturated heterocycles. The minimum absolute atomic E-state index is 0.563. The zero-order valence-electron chi connectivity index (χ0n) is 27.5. The summed E-state index contributed by atoms with van der Waals surface area (Å²) in [5.41, 5.74) is 13.0. The van der Waals surface area contributed by atoms with Crippen molar-refractivity contribution < 1.29 is 4.42 Å². The van der Waals surface area contributed by atoms with Gasteiger partial charge in [0.15, 0.2) is 5.82 Å². The Bertz CT molecular complexity index is 2760. The predicted octanol–water partition coefficient (Wildman–Crippen LogP) is 12.2. The molecule has 4 heteroatoms. The molecule has 9 aromatic rings. The maximum Gasteiger partial charge on any atom is 0.160 e. The van der Waals surface area contributed by atoms with Crippen molar-refractivity contribution in [3.63, 3.8) is 0 Å². The summed E-state index contributed by atoms with van der Waals surface area (Å²) in [6.45, 7) is 0. The summed E-state index contributed by atoms with van der Waals surface area (Å²) in [5, 5.41) is 12.2. The molecule has 0 bridgehead atoms. The second kappa shape index (κ2) is 12.7. The number of para-hydroxylation sites is 1. The smallest absolute Gasteiger partial charge is 0.160 e. The second-order valence-corrected chi connectivity index (χ2v) is 12.5. The van der Waals surface area contributed by atoms with E-state index in [1.807, 2.05) is 84.9 Å². The van der Waals surface area contributed by atoms with E-state index in [0.717, 1.165) is 77.7 Å². The quantitative estimate of drug-likeness (QED) is 0.179. The van der Waals surface area contributed by atoms with Crippen molar-refractivity contribution in [2.75, 3.05) is 0 Å². The van der Waals surface area contributed by atoms with Crippen molar-refractivity contribution in [2.45, 2.75) is 0 Å². The minimum Gasteiger partial charge on any atom is -0.456 e. The number of nitriles is 1. The molecule has 51 heavy (non-hydrogen) atoms. The topological polar surface area (TPSA) is 62.7 Å². The Labute approximate surface area is 295 Å². The van der Waals surface area contributed by atoms with Crippen LogP contribution >= 0.6 is 0 Å². The van der Waals surface area contributed by atoms with Crippen LogP contribution in [0.1, 0.15) is 5.56 Å². The van der Waals surface area contributed by atoms with E-state index in [-0.39, 0.29) is 0 Å². The van der Waals surface area contributed by atoms with Crippen molar-refractivity contribution in [3.05, 3.63) is 181 Å². The highest BCUT2D eigenvalue weighted by atomic mass is 16.3. The van der Waals surface area contributed by atoms with E-state index in [1.165, 1.54) is 0 Å². The molecule has 0 spiro atoms. The largest absolute Gasteiger partial charge is 0.456 e. The first-order valence-electron chi connectivity index (χ1n) is 16.9. The predicted molar refractivity (Wildman–Crippen MR) is 207 cm³/mol. The van der Waals surface area contributed by atoms with Gasteiger partial charge in [-0.05, 0) is 81.9 Å². The fraction of sp³-hybridized carbons (Fsp3) is 0. The Balaban J connectivity index is 1.31. The van der Waals surface area contributed by atoms with E-state index in [0.29, 0.717) is 17.1 Å². The molecule has 0 aliphatic heterocycles. The van der Waals surface area contributed by atoms with Gasteiger partial charge in [0.1, 0.15) is 11.2 Å². The van der Waals surface area contributed by atoms with Crippen LogP contribution in [-0.4, -0.2) is 9.97 Å². The third-order valence-electron chi connectivity index (χ3n) is 9.34. The van der Waals surface area contributed by atoms with Crippen molar-refractivity contribution in [1.29, 1.82) is 5.26 Å². The zero-order valence-corrected chi connectivity index (χ0v) is 27.5. The highest BCUT2D eigenvalue weighted by molar-refractivity contribution is 6.06. The maximum atomic E-state index is 10.0.